The van der Waals surface area contributed by atoms with Crippen LogP contribution in [0.4, 0.5) is 26.3 Å². The van der Waals surface area contributed by atoms with E-state index in [1.807, 2.05) is 0 Å². The Bertz CT molecular complexity index is 747. The van der Waals surface area contributed by atoms with Crippen LogP contribution in [0.2, 0.25) is 0 Å². The van der Waals surface area contributed by atoms with Crippen molar-refractivity contribution in [3.63, 3.8) is 0 Å². The third kappa shape index (κ3) is 5.24. The molecule has 0 saturated heterocycles. The number of benzene rings is 1. The fraction of sp³-hybridized carbons (Fsp3) is 0.462. The number of hydrogen-bond donors (Lipinski definition) is 1. The fourth-order valence-electron chi connectivity index (χ4n) is 1.96. The van der Waals surface area contributed by atoms with E-state index in [4.69, 9.17) is 17.3 Å². The molecule has 1 amide bonds. The third-order valence-corrected chi connectivity index (χ3v) is 6.35. The molecule has 12 heteroatoms. The molecule has 0 aromatic heterocycles. The summed E-state index contributed by atoms with van der Waals surface area (Å²) in [5.41, 5.74) is 2.94. The molecule has 0 aliphatic rings. The summed E-state index contributed by atoms with van der Waals surface area (Å²) in [5, 5.41) is 0. The van der Waals surface area contributed by atoms with Gasteiger partial charge in [-0.3, -0.25) is 4.79 Å². The summed E-state index contributed by atoms with van der Waals surface area (Å²) in [6, 6.07) is 3.63. The van der Waals surface area contributed by atoms with E-state index in [-0.39, 0.29) is 0 Å². The number of sulfone groups is 1. The summed E-state index contributed by atoms with van der Waals surface area (Å²) in [7, 11) is -5.01. The van der Waals surface area contributed by atoms with Crippen molar-refractivity contribution in [3.05, 3.63) is 35.4 Å². The highest BCUT2D eigenvalue weighted by molar-refractivity contribution is 7.95. The Morgan fingerprint density at radius 2 is 1.60 bits per heavy atom. The molecular weight excluding hydrogens is 400 g/mol. The van der Waals surface area contributed by atoms with Gasteiger partial charge in [-0.2, -0.15) is 26.3 Å². The van der Waals surface area contributed by atoms with Crippen LogP contribution in [0.25, 0.3) is 0 Å². The maximum Gasteiger partial charge on any atom is 0.416 e. The largest absolute Gasteiger partial charge is 0.416 e. The van der Waals surface area contributed by atoms with Crippen LogP contribution in [0.3, 0.4) is 0 Å². The first-order chi connectivity index (χ1) is 11.1. The summed E-state index contributed by atoms with van der Waals surface area (Å²) in [6.07, 6.45) is -12.8. The molecule has 0 aliphatic carbocycles. The van der Waals surface area contributed by atoms with Crippen molar-refractivity contribution < 1.29 is 39.6 Å². The average molecular weight is 412 g/mol. The number of hydrogen-bond acceptors (Lipinski definition) is 3. The quantitative estimate of drug-likeness (QED) is 0.577. The second-order valence-corrected chi connectivity index (χ2v) is 8.31. The highest BCUT2D eigenvalue weighted by Crippen LogP contribution is 2.37. The molecule has 1 aromatic rings. The van der Waals surface area contributed by atoms with Gasteiger partial charge in [0, 0.05) is 6.42 Å². The molecule has 0 aliphatic heterocycles. The smallest absolute Gasteiger partial charge is 0.367 e. The minimum atomic E-state index is -5.01. The zero-order valence-corrected chi connectivity index (χ0v) is 13.9. The van der Waals surface area contributed by atoms with E-state index in [0.29, 0.717) is 6.07 Å². The van der Waals surface area contributed by atoms with Crippen molar-refractivity contribution in [1.29, 1.82) is 0 Å². The molecule has 0 saturated carbocycles. The molecule has 1 unspecified atom stereocenters. The Balaban J connectivity index is 3.32. The molecule has 0 bridgehead atoms. The summed E-state index contributed by atoms with van der Waals surface area (Å²) in [4.78, 5) is 11.5. The summed E-state index contributed by atoms with van der Waals surface area (Å²) < 4.78 is 96.7. The van der Waals surface area contributed by atoms with Gasteiger partial charge in [-0.15, -0.1) is 0 Å². The van der Waals surface area contributed by atoms with Crippen molar-refractivity contribution in [3.8, 4) is 0 Å². The van der Waals surface area contributed by atoms with Crippen molar-refractivity contribution in [1.82, 2.24) is 0 Å². The average Bonchev–Trinajstić information content (AvgIpc) is 2.43. The molecule has 0 radical (unpaired) electrons. The van der Waals surface area contributed by atoms with Gasteiger partial charge in [-0.05, 0) is 11.6 Å². The SMILES string of the molecule is NC(=O)C(Cl)(Cc1ccccc1C(F)(F)F)S(=O)(=O)CCC(F)(F)F. The number of carbonyl (C=O) groups is 1. The standard InChI is InChI=1S/C13H12ClF6NO3S/c14-11(10(21)22,25(23,24)6-5-12(15,16)17)7-8-3-1-2-4-9(8)13(18,19)20/h1-4H,5-7H2,(H2,21,22). The summed E-state index contributed by atoms with van der Waals surface area (Å²) in [6.45, 7) is 0. The predicted molar refractivity (Wildman–Crippen MR) is 77.4 cm³/mol. The molecule has 1 rings (SSSR count). The van der Waals surface area contributed by atoms with E-state index >= 15 is 0 Å². The van der Waals surface area contributed by atoms with E-state index in [1.165, 1.54) is 0 Å². The number of amides is 1. The van der Waals surface area contributed by atoms with Crippen LogP contribution in [0.15, 0.2) is 24.3 Å². The van der Waals surface area contributed by atoms with Gasteiger partial charge in [0.25, 0.3) is 5.91 Å². The topological polar surface area (TPSA) is 77.2 Å². The molecule has 0 spiro atoms. The number of rotatable bonds is 6. The van der Waals surface area contributed by atoms with Gasteiger partial charge in [0.05, 0.1) is 17.7 Å². The monoisotopic (exact) mass is 411 g/mol. The molecule has 1 atom stereocenters. The van der Waals surface area contributed by atoms with Crippen LogP contribution < -0.4 is 5.73 Å². The maximum absolute atomic E-state index is 13.0. The van der Waals surface area contributed by atoms with E-state index in [2.05, 4.69) is 0 Å². The van der Waals surface area contributed by atoms with Gasteiger partial charge in [0.1, 0.15) is 0 Å². The lowest BCUT2D eigenvalue weighted by molar-refractivity contribution is -0.138. The highest BCUT2D eigenvalue weighted by Gasteiger charge is 2.50. The zero-order chi connectivity index (χ0) is 19.7. The van der Waals surface area contributed by atoms with Gasteiger partial charge in [-0.1, -0.05) is 29.8 Å². The van der Waals surface area contributed by atoms with Crippen molar-refractivity contribution in [2.24, 2.45) is 5.73 Å². The van der Waals surface area contributed by atoms with E-state index in [0.717, 1.165) is 18.2 Å². The molecule has 0 heterocycles. The molecule has 142 valence electrons. The first-order valence-electron chi connectivity index (χ1n) is 6.53. The lowest BCUT2D eigenvalue weighted by atomic mass is 10.0. The molecule has 2 N–H and O–H groups in total. The van der Waals surface area contributed by atoms with E-state index in [9.17, 15) is 39.6 Å². The zero-order valence-electron chi connectivity index (χ0n) is 12.3. The number of alkyl halides is 7. The van der Waals surface area contributed by atoms with Crippen LogP contribution >= 0.6 is 11.6 Å². The predicted octanol–water partition coefficient (Wildman–Crippen LogP) is 3.04. The molecule has 25 heavy (non-hydrogen) atoms. The minimum Gasteiger partial charge on any atom is -0.367 e. The van der Waals surface area contributed by atoms with Gasteiger partial charge >= 0.3 is 12.4 Å². The molecule has 0 fully saturated rings. The lowest BCUT2D eigenvalue weighted by Gasteiger charge is -2.25. The van der Waals surface area contributed by atoms with Crippen LogP contribution in [0.5, 0.6) is 0 Å². The van der Waals surface area contributed by atoms with Crippen LogP contribution in [0.1, 0.15) is 17.5 Å². The van der Waals surface area contributed by atoms with Crippen molar-refractivity contribution in [2.75, 3.05) is 5.75 Å². The third-order valence-electron chi connectivity index (χ3n) is 3.26. The number of carbonyl (C=O) groups excluding carboxylic acids is 1. The Hall–Kier alpha value is -1.49. The van der Waals surface area contributed by atoms with Crippen LogP contribution in [0, 0.1) is 0 Å². The van der Waals surface area contributed by atoms with Gasteiger partial charge in [-0.25, -0.2) is 8.42 Å². The van der Waals surface area contributed by atoms with Gasteiger partial charge in [0.15, 0.2) is 9.84 Å². The van der Waals surface area contributed by atoms with Crippen LogP contribution in [-0.4, -0.2) is 30.5 Å². The van der Waals surface area contributed by atoms with Crippen LogP contribution in [-0.2, 0) is 27.2 Å². The van der Waals surface area contributed by atoms with Crippen molar-refractivity contribution >= 4 is 27.3 Å². The Labute approximate surface area is 143 Å². The lowest BCUT2D eigenvalue weighted by Crippen LogP contribution is -2.49. The Morgan fingerprint density at radius 1 is 1.08 bits per heavy atom. The minimum absolute atomic E-state index is 0.621. The van der Waals surface area contributed by atoms with Gasteiger partial charge in [0.2, 0.25) is 4.21 Å². The Kier molecular flexibility index (Phi) is 6.05. The van der Waals surface area contributed by atoms with Crippen molar-refractivity contribution in [2.45, 2.75) is 29.4 Å². The first-order valence-corrected chi connectivity index (χ1v) is 8.56. The second kappa shape index (κ2) is 7.02. The molecule has 4 nitrogen and oxygen atoms in total. The van der Waals surface area contributed by atoms with Gasteiger partial charge < -0.3 is 5.73 Å². The summed E-state index contributed by atoms with van der Waals surface area (Å²) in [5.74, 6) is -3.34. The molecule has 1 aromatic carbocycles. The highest BCUT2D eigenvalue weighted by atomic mass is 35.5. The number of nitrogens with two attached hydrogens (primary N) is 1. The summed E-state index contributed by atoms with van der Waals surface area (Å²) >= 11 is 5.65. The molecular formula is C13H12ClF6NO3S. The normalized spacial score (nSPS) is 15.6. The van der Waals surface area contributed by atoms with E-state index < -0.39 is 62.0 Å². The second-order valence-electron chi connectivity index (χ2n) is 5.11. The first kappa shape index (κ1) is 21.6. The number of halogens is 7. The van der Waals surface area contributed by atoms with E-state index in [1.54, 1.807) is 0 Å². The maximum atomic E-state index is 13.0. The fourth-order valence-corrected chi connectivity index (χ4v) is 3.84. The Morgan fingerprint density at radius 3 is 2.04 bits per heavy atom. The number of primary amides is 1.